The first-order valence-corrected chi connectivity index (χ1v) is 10.5. The molecule has 3 aromatic carbocycles. The summed E-state index contributed by atoms with van der Waals surface area (Å²) in [5.41, 5.74) is 1.94. The van der Waals surface area contributed by atoms with Crippen LogP contribution in [0.5, 0.6) is 0 Å². The Labute approximate surface area is 190 Å². The minimum absolute atomic E-state index is 0.00950. The molecular formula is C25H23N3O5. The molecule has 1 atom stereocenters. The molecule has 1 fully saturated rings. The number of ether oxygens (including phenoxy) is 1. The Hall–Kier alpha value is -4.20. The van der Waals surface area contributed by atoms with Crippen molar-refractivity contribution >= 4 is 34.6 Å². The number of rotatable bonds is 7. The van der Waals surface area contributed by atoms with Crippen LogP contribution in [0, 0.1) is 0 Å². The monoisotopic (exact) mass is 445 g/mol. The van der Waals surface area contributed by atoms with Gasteiger partial charge >= 0.3 is 12.0 Å². The highest BCUT2D eigenvalue weighted by molar-refractivity contribution is 6.01. The molecule has 1 heterocycles. The van der Waals surface area contributed by atoms with Crippen LogP contribution in [0.4, 0.5) is 4.79 Å². The smallest absolute Gasteiger partial charge is 0.338 e. The van der Waals surface area contributed by atoms with Crippen LogP contribution in [0.15, 0.2) is 66.7 Å². The van der Waals surface area contributed by atoms with E-state index in [1.54, 1.807) is 12.1 Å². The Kier molecular flexibility index (Phi) is 6.35. The molecule has 0 spiro atoms. The molecule has 4 rings (SSSR count). The molecule has 1 unspecified atom stereocenters. The van der Waals surface area contributed by atoms with Crippen LogP contribution in [-0.4, -0.2) is 41.9 Å². The first kappa shape index (κ1) is 22.0. The summed E-state index contributed by atoms with van der Waals surface area (Å²) in [6, 6.07) is 19.5. The van der Waals surface area contributed by atoms with Gasteiger partial charge in [-0.25, -0.2) is 9.59 Å². The van der Waals surface area contributed by atoms with Gasteiger partial charge in [0.05, 0.1) is 24.7 Å². The number of hydrogen-bond donors (Lipinski definition) is 2. The Morgan fingerprint density at radius 3 is 2.48 bits per heavy atom. The van der Waals surface area contributed by atoms with Crippen molar-refractivity contribution in [2.24, 2.45) is 0 Å². The van der Waals surface area contributed by atoms with E-state index >= 15 is 0 Å². The lowest BCUT2D eigenvalue weighted by molar-refractivity contribution is -0.125. The topological polar surface area (TPSA) is 105 Å². The van der Waals surface area contributed by atoms with E-state index in [9.17, 15) is 19.2 Å². The van der Waals surface area contributed by atoms with Crippen LogP contribution in [0.25, 0.3) is 10.8 Å². The van der Waals surface area contributed by atoms with Crippen molar-refractivity contribution in [3.05, 3.63) is 83.4 Å². The maximum absolute atomic E-state index is 12.3. The summed E-state index contributed by atoms with van der Waals surface area (Å²) in [4.78, 5) is 49.1. The normalized spacial score (nSPS) is 14.2. The number of benzene rings is 3. The van der Waals surface area contributed by atoms with Crippen molar-refractivity contribution in [3.8, 4) is 0 Å². The Morgan fingerprint density at radius 2 is 1.76 bits per heavy atom. The molecule has 0 radical (unpaired) electrons. The number of esters is 1. The van der Waals surface area contributed by atoms with Gasteiger partial charge < -0.3 is 15.4 Å². The summed E-state index contributed by atoms with van der Waals surface area (Å²) in [6.45, 7) is 1.59. The number of urea groups is 1. The standard InChI is InChI=1S/C25H23N3O5/c1-16(20-8-4-6-18-5-2-3-7-21(18)20)27-22(29)15-33-24(31)19-11-9-17(10-12-19)14-28-23(30)13-26-25(28)32/h2-12,16H,13-15H2,1H3,(H,26,32)(H,27,29). The second kappa shape index (κ2) is 9.52. The van der Waals surface area contributed by atoms with E-state index in [-0.39, 0.29) is 30.6 Å². The van der Waals surface area contributed by atoms with Crippen molar-refractivity contribution in [3.63, 3.8) is 0 Å². The predicted octanol–water partition coefficient (Wildman–Crippen LogP) is 2.93. The Bertz CT molecular complexity index is 1200. The van der Waals surface area contributed by atoms with E-state index in [1.165, 1.54) is 12.1 Å². The van der Waals surface area contributed by atoms with Gasteiger partial charge in [0.1, 0.15) is 0 Å². The van der Waals surface area contributed by atoms with Gasteiger partial charge in [0.15, 0.2) is 6.61 Å². The van der Waals surface area contributed by atoms with Gasteiger partial charge in [0.2, 0.25) is 5.91 Å². The average molecular weight is 445 g/mol. The first-order valence-electron chi connectivity index (χ1n) is 10.5. The molecule has 8 heteroatoms. The molecule has 1 aliphatic heterocycles. The zero-order valence-corrected chi connectivity index (χ0v) is 18.0. The first-order chi connectivity index (χ1) is 15.9. The van der Waals surface area contributed by atoms with Crippen LogP contribution in [0.2, 0.25) is 0 Å². The van der Waals surface area contributed by atoms with Gasteiger partial charge in [-0.15, -0.1) is 0 Å². The number of fused-ring (bicyclic) bond motifs is 1. The zero-order chi connectivity index (χ0) is 23.4. The van der Waals surface area contributed by atoms with Gasteiger partial charge in [-0.3, -0.25) is 14.5 Å². The number of imide groups is 1. The van der Waals surface area contributed by atoms with Crippen molar-refractivity contribution in [1.82, 2.24) is 15.5 Å². The van der Waals surface area contributed by atoms with Crippen molar-refractivity contribution in [2.45, 2.75) is 19.5 Å². The van der Waals surface area contributed by atoms with Gasteiger partial charge in [-0.2, -0.15) is 0 Å². The summed E-state index contributed by atoms with van der Waals surface area (Å²) in [5, 5.41) is 7.45. The molecule has 168 valence electrons. The average Bonchev–Trinajstić information content (AvgIpc) is 3.14. The fraction of sp³-hybridized carbons (Fsp3) is 0.200. The van der Waals surface area contributed by atoms with Crippen LogP contribution in [0.1, 0.15) is 34.5 Å². The highest BCUT2D eigenvalue weighted by atomic mass is 16.5. The number of hydrogen-bond acceptors (Lipinski definition) is 5. The highest BCUT2D eigenvalue weighted by Crippen LogP contribution is 2.24. The van der Waals surface area contributed by atoms with E-state index in [1.807, 2.05) is 49.4 Å². The third-order valence-electron chi connectivity index (χ3n) is 5.47. The predicted molar refractivity (Wildman–Crippen MR) is 121 cm³/mol. The molecule has 0 aromatic heterocycles. The molecular weight excluding hydrogens is 422 g/mol. The van der Waals surface area contributed by atoms with Crippen LogP contribution in [-0.2, 0) is 20.9 Å². The van der Waals surface area contributed by atoms with Crippen molar-refractivity contribution < 1.29 is 23.9 Å². The largest absolute Gasteiger partial charge is 0.452 e. The molecule has 1 aliphatic rings. The summed E-state index contributed by atoms with van der Waals surface area (Å²) < 4.78 is 5.14. The van der Waals surface area contributed by atoms with E-state index in [2.05, 4.69) is 10.6 Å². The lowest BCUT2D eigenvalue weighted by Gasteiger charge is -2.16. The van der Waals surface area contributed by atoms with Crippen LogP contribution >= 0.6 is 0 Å². The second-order valence-electron chi connectivity index (χ2n) is 7.77. The number of nitrogens with zero attached hydrogens (tertiary/aromatic N) is 1. The highest BCUT2D eigenvalue weighted by Gasteiger charge is 2.28. The molecule has 8 nitrogen and oxygen atoms in total. The summed E-state index contributed by atoms with van der Waals surface area (Å²) >= 11 is 0. The number of carbonyl (C=O) groups excluding carboxylic acids is 4. The molecule has 0 aliphatic carbocycles. The zero-order valence-electron chi connectivity index (χ0n) is 18.0. The number of amides is 4. The third-order valence-corrected chi connectivity index (χ3v) is 5.47. The lowest BCUT2D eigenvalue weighted by atomic mass is 10.00. The molecule has 2 N–H and O–H groups in total. The number of carbonyl (C=O) groups is 4. The fourth-order valence-corrected chi connectivity index (χ4v) is 3.75. The Morgan fingerprint density at radius 1 is 1.03 bits per heavy atom. The van der Waals surface area contributed by atoms with Gasteiger partial charge in [-0.1, -0.05) is 54.6 Å². The maximum Gasteiger partial charge on any atom is 0.338 e. The fourth-order valence-electron chi connectivity index (χ4n) is 3.75. The van der Waals surface area contributed by atoms with Gasteiger partial charge in [0, 0.05) is 0 Å². The van der Waals surface area contributed by atoms with E-state index in [4.69, 9.17) is 4.74 Å². The lowest BCUT2D eigenvalue weighted by Crippen LogP contribution is -2.31. The molecule has 33 heavy (non-hydrogen) atoms. The third kappa shape index (κ3) is 5.01. The van der Waals surface area contributed by atoms with E-state index in [0.717, 1.165) is 21.2 Å². The molecule has 1 saturated heterocycles. The van der Waals surface area contributed by atoms with Crippen molar-refractivity contribution in [2.75, 3.05) is 13.2 Å². The Balaban J connectivity index is 1.30. The summed E-state index contributed by atoms with van der Waals surface area (Å²) in [7, 11) is 0. The van der Waals surface area contributed by atoms with E-state index in [0.29, 0.717) is 5.56 Å². The van der Waals surface area contributed by atoms with Gasteiger partial charge in [-0.05, 0) is 41.0 Å². The molecule has 0 bridgehead atoms. The molecule has 4 amide bonds. The quantitative estimate of drug-likeness (QED) is 0.430. The van der Waals surface area contributed by atoms with Gasteiger partial charge in [0.25, 0.3) is 5.91 Å². The van der Waals surface area contributed by atoms with Crippen LogP contribution < -0.4 is 10.6 Å². The SMILES string of the molecule is CC(NC(=O)COC(=O)c1ccc(CN2C(=O)CNC2=O)cc1)c1cccc2ccccc12. The van der Waals surface area contributed by atoms with E-state index < -0.39 is 24.5 Å². The van der Waals surface area contributed by atoms with Crippen LogP contribution in [0.3, 0.4) is 0 Å². The minimum Gasteiger partial charge on any atom is -0.452 e. The molecule has 3 aromatic rings. The second-order valence-corrected chi connectivity index (χ2v) is 7.77. The summed E-state index contributed by atoms with van der Waals surface area (Å²) in [6.07, 6.45) is 0. The number of nitrogens with one attached hydrogen (secondary N) is 2. The molecule has 0 saturated carbocycles. The van der Waals surface area contributed by atoms with Crippen molar-refractivity contribution in [1.29, 1.82) is 0 Å². The summed E-state index contributed by atoms with van der Waals surface area (Å²) in [5.74, 6) is -1.34. The minimum atomic E-state index is -0.635. The maximum atomic E-state index is 12.3.